The standard InChI is InChI=1S/C32H38F6N4O4/c1-9-13-16-20(5)24-22(31(33,34)35)18-23(39-28(43)46-29(6,7)8)25(40-24)26-41-42-27(45-26)30(17-14-10-2,32(36,37)38)44-19-21(12-4)15-11-3/h9-12,15,18,20H,1-4,13-14,16-17,19H2,5-8H3,(H,39,43)/b21-15+. The zero-order valence-electron chi connectivity index (χ0n) is 26.1. The lowest BCUT2D eigenvalue weighted by atomic mass is 9.95. The first-order chi connectivity index (χ1) is 21.3. The van der Waals surface area contributed by atoms with Crippen molar-refractivity contribution in [1.29, 1.82) is 0 Å². The summed E-state index contributed by atoms with van der Waals surface area (Å²) in [6.07, 6.45) is -4.76. The summed E-state index contributed by atoms with van der Waals surface area (Å²) in [5.41, 5.74) is -6.66. The molecule has 0 aromatic carbocycles. The van der Waals surface area contributed by atoms with Crippen molar-refractivity contribution in [3.8, 4) is 11.6 Å². The van der Waals surface area contributed by atoms with Crippen LogP contribution in [0.3, 0.4) is 0 Å². The lowest BCUT2D eigenvalue weighted by Crippen LogP contribution is -2.45. The predicted octanol–water partition coefficient (Wildman–Crippen LogP) is 9.61. The molecule has 2 heterocycles. The fourth-order valence-corrected chi connectivity index (χ4v) is 4.21. The number of nitrogens with one attached hydrogen (secondary N) is 1. The average Bonchev–Trinajstić information content (AvgIpc) is 3.43. The Hall–Kier alpha value is -4.20. The van der Waals surface area contributed by atoms with Gasteiger partial charge in [-0.1, -0.05) is 50.5 Å². The molecule has 1 amide bonds. The number of nitrogens with zero attached hydrogens (tertiary/aromatic N) is 3. The topological polar surface area (TPSA) is 99.4 Å². The molecule has 252 valence electrons. The maximum atomic E-state index is 14.8. The van der Waals surface area contributed by atoms with Crippen molar-refractivity contribution < 1.29 is 45.0 Å². The Morgan fingerprint density at radius 3 is 2.22 bits per heavy atom. The number of carbonyl (C=O) groups is 1. The van der Waals surface area contributed by atoms with E-state index in [1.807, 2.05) is 0 Å². The Balaban J connectivity index is 2.87. The maximum Gasteiger partial charge on any atom is 0.426 e. The number of amides is 1. The number of ether oxygens (including phenoxy) is 2. The molecule has 0 aliphatic carbocycles. The SMILES string of the molecule is C=C/C=C(\C=C)COC(CCC=C)(c1nnc(-c2nc(C(C)CCC=C)c(C(F)(F)F)cc2NC(=O)OC(C)(C)C)o1)C(F)(F)F. The van der Waals surface area contributed by atoms with Crippen LogP contribution in [0.4, 0.5) is 36.8 Å². The first-order valence-corrected chi connectivity index (χ1v) is 14.2. The van der Waals surface area contributed by atoms with E-state index in [0.29, 0.717) is 12.5 Å². The van der Waals surface area contributed by atoms with E-state index in [1.165, 1.54) is 58.1 Å². The van der Waals surface area contributed by atoms with Gasteiger partial charge in [-0.15, -0.1) is 23.4 Å². The Kier molecular flexibility index (Phi) is 12.7. The van der Waals surface area contributed by atoms with Crippen molar-refractivity contribution in [2.45, 2.75) is 82.9 Å². The Bertz CT molecular complexity index is 1440. The number of aromatic nitrogens is 3. The molecule has 14 heteroatoms. The molecule has 2 aromatic rings. The summed E-state index contributed by atoms with van der Waals surface area (Å²) in [4.78, 5) is 16.8. The van der Waals surface area contributed by atoms with Crippen molar-refractivity contribution in [2.75, 3.05) is 11.9 Å². The Labute approximate surface area is 264 Å². The molecule has 1 N–H and O–H groups in total. The minimum Gasteiger partial charge on any atom is -0.444 e. The fourth-order valence-electron chi connectivity index (χ4n) is 4.21. The lowest BCUT2D eigenvalue weighted by Gasteiger charge is -2.32. The highest BCUT2D eigenvalue weighted by Crippen LogP contribution is 2.47. The summed E-state index contributed by atoms with van der Waals surface area (Å²) in [5, 5.41) is 9.56. The van der Waals surface area contributed by atoms with Crippen LogP contribution in [-0.4, -0.2) is 39.7 Å². The van der Waals surface area contributed by atoms with Crippen molar-refractivity contribution in [2.24, 2.45) is 0 Å². The van der Waals surface area contributed by atoms with Crippen LogP contribution in [0.2, 0.25) is 0 Å². The summed E-state index contributed by atoms with van der Waals surface area (Å²) in [7, 11) is 0. The molecule has 0 aliphatic rings. The zero-order valence-corrected chi connectivity index (χ0v) is 26.1. The number of halogens is 6. The van der Waals surface area contributed by atoms with E-state index in [2.05, 4.69) is 46.8 Å². The largest absolute Gasteiger partial charge is 0.444 e. The quantitative estimate of drug-likeness (QED) is 0.116. The summed E-state index contributed by atoms with van der Waals surface area (Å²) < 4.78 is 104. The minimum atomic E-state index is -5.12. The van der Waals surface area contributed by atoms with E-state index in [-0.39, 0.29) is 18.4 Å². The lowest BCUT2D eigenvalue weighted by molar-refractivity contribution is -0.292. The number of hydrogen-bond donors (Lipinski definition) is 1. The van der Waals surface area contributed by atoms with Gasteiger partial charge in [0.15, 0.2) is 5.69 Å². The third-order valence-electron chi connectivity index (χ3n) is 6.47. The molecule has 2 unspecified atom stereocenters. The van der Waals surface area contributed by atoms with Gasteiger partial charge in [-0.25, -0.2) is 9.78 Å². The van der Waals surface area contributed by atoms with Crippen LogP contribution >= 0.6 is 0 Å². The molecule has 46 heavy (non-hydrogen) atoms. The third kappa shape index (κ3) is 9.65. The number of hydrogen-bond acceptors (Lipinski definition) is 7. The Morgan fingerprint density at radius 2 is 1.70 bits per heavy atom. The van der Waals surface area contributed by atoms with Gasteiger partial charge in [0.25, 0.3) is 11.8 Å². The summed E-state index contributed by atoms with van der Waals surface area (Å²) in [5.74, 6) is -2.54. The van der Waals surface area contributed by atoms with Crippen LogP contribution in [0.15, 0.2) is 72.8 Å². The van der Waals surface area contributed by atoms with E-state index in [0.717, 1.165) is 0 Å². The molecule has 2 rings (SSSR count). The molecule has 0 bridgehead atoms. The predicted molar refractivity (Wildman–Crippen MR) is 162 cm³/mol. The van der Waals surface area contributed by atoms with Gasteiger partial charge < -0.3 is 13.9 Å². The highest BCUT2D eigenvalue weighted by Gasteiger charge is 2.61. The number of carbonyl (C=O) groups excluding carboxylic acids is 1. The van der Waals surface area contributed by atoms with Crippen LogP contribution < -0.4 is 5.32 Å². The van der Waals surface area contributed by atoms with Gasteiger partial charge in [-0.3, -0.25) is 5.32 Å². The number of rotatable bonds is 15. The summed E-state index contributed by atoms with van der Waals surface area (Å²) in [6, 6.07) is 0.609. The first-order valence-electron chi connectivity index (χ1n) is 14.2. The molecule has 0 spiro atoms. The van der Waals surface area contributed by atoms with Crippen LogP contribution in [0.5, 0.6) is 0 Å². The average molecular weight is 657 g/mol. The van der Waals surface area contributed by atoms with Gasteiger partial charge in [0.2, 0.25) is 5.60 Å². The third-order valence-corrected chi connectivity index (χ3v) is 6.47. The summed E-state index contributed by atoms with van der Waals surface area (Å²) in [6.45, 7) is 19.6. The van der Waals surface area contributed by atoms with Gasteiger partial charge in [0.05, 0.1) is 23.6 Å². The normalized spacial score (nSPS) is 14.6. The number of allylic oxidation sites excluding steroid dienone is 4. The number of pyridine rings is 1. The molecule has 0 aliphatic heterocycles. The van der Waals surface area contributed by atoms with Gasteiger partial charge in [-0.2, -0.15) is 26.3 Å². The smallest absolute Gasteiger partial charge is 0.426 e. The molecule has 8 nitrogen and oxygen atoms in total. The second-order valence-electron chi connectivity index (χ2n) is 11.2. The van der Waals surface area contributed by atoms with Crippen LogP contribution in [-0.2, 0) is 21.3 Å². The molecule has 2 atom stereocenters. The van der Waals surface area contributed by atoms with E-state index in [9.17, 15) is 31.1 Å². The number of anilines is 1. The van der Waals surface area contributed by atoms with Crippen LogP contribution in [0.25, 0.3) is 11.6 Å². The van der Waals surface area contributed by atoms with E-state index in [1.54, 1.807) is 0 Å². The molecule has 2 aromatic heterocycles. The second kappa shape index (κ2) is 15.4. The monoisotopic (exact) mass is 656 g/mol. The molecule has 0 fully saturated rings. The van der Waals surface area contributed by atoms with Crippen molar-refractivity contribution in [3.63, 3.8) is 0 Å². The minimum absolute atomic E-state index is 0.194. The van der Waals surface area contributed by atoms with Crippen molar-refractivity contribution in [1.82, 2.24) is 15.2 Å². The van der Waals surface area contributed by atoms with Crippen molar-refractivity contribution >= 4 is 11.8 Å². The zero-order chi connectivity index (χ0) is 34.9. The summed E-state index contributed by atoms with van der Waals surface area (Å²) >= 11 is 0. The highest BCUT2D eigenvalue weighted by atomic mass is 19.4. The van der Waals surface area contributed by atoms with E-state index in [4.69, 9.17) is 13.9 Å². The van der Waals surface area contributed by atoms with Gasteiger partial charge in [-0.05, 0) is 64.0 Å². The van der Waals surface area contributed by atoms with Gasteiger partial charge in [0, 0.05) is 0 Å². The van der Waals surface area contributed by atoms with Gasteiger partial charge >= 0.3 is 18.4 Å². The van der Waals surface area contributed by atoms with Crippen LogP contribution in [0, 0.1) is 0 Å². The van der Waals surface area contributed by atoms with E-state index >= 15 is 0 Å². The number of alkyl halides is 6. The first kappa shape index (κ1) is 38.0. The van der Waals surface area contributed by atoms with Crippen molar-refractivity contribution in [3.05, 3.63) is 85.5 Å². The Morgan fingerprint density at radius 1 is 1.04 bits per heavy atom. The van der Waals surface area contributed by atoms with Gasteiger partial charge in [0.1, 0.15) is 5.60 Å². The van der Waals surface area contributed by atoms with E-state index < -0.39 is 83.0 Å². The second-order valence-corrected chi connectivity index (χ2v) is 11.2. The maximum absolute atomic E-state index is 14.8. The highest BCUT2D eigenvalue weighted by molar-refractivity contribution is 5.89. The van der Waals surface area contributed by atoms with Crippen LogP contribution in [0.1, 0.15) is 76.4 Å². The molecular weight excluding hydrogens is 618 g/mol. The molecule has 0 radical (unpaired) electrons. The molecular formula is C32H38F6N4O4. The molecule has 0 saturated carbocycles. The molecule has 0 saturated heterocycles. The fraction of sp³-hybridized carbons (Fsp3) is 0.438.